The van der Waals surface area contributed by atoms with Gasteiger partial charge in [0.05, 0.1) is 34.9 Å². The lowest BCUT2D eigenvalue weighted by atomic mass is 9.96. The standard InChI is InChI=1S/C29H38N4O5S2/c1-3-38-24-7-10-26-27(21-24)39-29(30-26)33(14-4-13-31-17-19-37-20-18-31)28(34)23-11-15-32(16-12-23)40(35,36)25-8-5-22(2)6-9-25/h5-10,21,23H,3-4,11-20H2,1-2H3. The molecular weight excluding hydrogens is 548 g/mol. The first kappa shape index (κ1) is 28.9. The maximum Gasteiger partial charge on any atom is 0.243 e. The molecule has 40 heavy (non-hydrogen) atoms. The first-order valence-corrected chi connectivity index (χ1v) is 16.3. The van der Waals surface area contributed by atoms with Crippen molar-refractivity contribution in [3.05, 3.63) is 48.0 Å². The Morgan fingerprint density at radius 2 is 1.82 bits per heavy atom. The van der Waals surface area contributed by atoms with Gasteiger partial charge in [-0.2, -0.15) is 4.31 Å². The molecule has 3 aromatic rings. The third-order valence-corrected chi connectivity index (χ3v) is 10.5. The predicted octanol–water partition coefficient (Wildman–Crippen LogP) is 4.16. The smallest absolute Gasteiger partial charge is 0.243 e. The van der Waals surface area contributed by atoms with Crippen LogP contribution in [0.4, 0.5) is 5.13 Å². The maximum absolute atomic E-state index is 14.0. The Bertz CT molecular complexity index is 1400. The minimum Gasteiger partial charge on any atom is -0.494 e. The van der Waals surface area contributed by atoms with Crippen molar-refractivity contribution in [2.45, 2.75) is 38.0 Å². The number of thiazole rings is 1. The molecule has 1 aromatic heterocycles. The second-order valence-electron chi connectivity index (χ2n) is 10.3. The third kappa shape index (κ3) is 6.66. The van der Waals surface area contributed by atoms with Gasteiger partial charge in [-0.05, 0) is 63.4 Å². The number of piperidine rings is 1. The van der Waals surface area contributed by atoms with Crippen LogP contribution in [0.3, 0.4) is 0 Å². The summed E-state index contributed by atoms with van der Waals surface area (Å²) < 4.78 is 40.0. The van der Waals surface area contributed by atoms with Gasteiger partial charge in [0.25, 0.3) is 0 Å². The number of hydrogen-bond donors (Lipinski definition) is 0. The van der Waals surface area contributed by atoms with E-state index in [4.69, 9.17) is 14.5 Å². The van der Waals surface area contributed by atoms with Crippen molar-refractivity contribution < 1.29 is 22.7 Å². The highest BCUT2D eigenvalue weighted by Crippen LogP contribution is 2.34. The van der Waals surface area contributed by atoms with Gasteiger partial charge < -0.3 is 9.47 Å². The van der Waals surface area contributed by atoms with E-state index in [9.17, 15) is 13.2 Å². The van der Waals surface area contributed by atoms with E-state index in [0.29, 0.717) is 49.1 Å². The van der Waals surface area contributed by atoms with Crippen LogP contribution in [0, 0.1) is 12.8 Å². The van der Waals surface area contributed by atoms with Gasteiger partial charge in [-0.3, -0.25) is 14.6 Å². The third-order valence-electron chi connectivity index (χ3n) is 7.58. The average molecular weight is 587 g/mol. The lowest BCUT2D eigenvalue weighted by molar-refractivity contribution is -0.123. The predicted molar refractivity (Wildman–Crippen MR) is 158 cm³/mol. The van der Waals surface area contributed by atoms with Crippen LogP contribution in [0.15, 0.2) is 47.4 Å². The van der Waals surface area contributed by atoms with Crippen LogP contribution in [0.1, 0.15) is 31.7 Å². The SMILES string of the molecule is CCOc1ccc2nc(N(CCCN3CCOCC3)C(=O)C3CCN(S(=O)(=O)c4ccc(C)cc4)CC3)sc2c1. The van der Waals surface area contributed by atoms with E-state index in [2.05, 4.69) is 4.90 Å². The zero-order chi connectivity index (χ0) is 28.1. The molecule has 5 rings (SSSR count). The van der Waals surface area contributed by atoms with Gasteiger partial charge in [0, 0.05) is 45.2 Å². The second kappa shape index (κ2) is 12.9. The van der Waals surface area contributed by atoms with Crippen molar-refractivity contribution in [2.75, 3.05) is 64.0 Å². The van der Waals surface area contributed by atoms with Gasteiger partial charge in [0.2, 0.25) is 15.9 Å². The summed E-state index contributed by atoms with van der Waals surface area (Å²) in [7, 11) is -3.58. The fourth-order valence-corrected chi connectivity index (χ4v) is 7.76. The number of aryl methyl sites for hydroxylation is 1. The average Bonchev–Trinajstić information content (AvgIpc) is 3.39. The van der Waals surface area contributed by atoms with Crippen LogP contribution in [-0.4, -0.2) is 87.6 Å². The number of morpholine rings is 1. The van der Waals surface area contributed by atoms with Crippen molar-refractivity contribution in [3.8, 4) is 5.75 Å². The van der Waals surface area contributed by atoms with Crippen molar-refractivity contribution in [1.82, 2.24) is 14.2 Å². The van der Waals surface area contributed by atoms with Crippen LogP contribution in [0.2, 0.25) is 0 Å². The Labute approximate surface area is 240 Å². The summed E-state index contributed by atoms with van der Waals surface area (Å²) in [6.07, 6.45) is 1.80. The summed E-state index contributed by atoms with van der Waals surface area (Å²) >= 11 is 1.50. The molecule has 0 N–H and O–H groups in total. The van der Waals surface area contributed by atoms with Crippen LogP contribution >= 0.6 is 11.3 Å². The van der Waals surface area contributed by atoms with E-state index >= 15 is 0 Å². The molecule has 9 nitrogen and oxygen atoms in total. The summed E-state index contributed by atoms with van der Waals surface area (Å²) in [4.78, 5) is 23.3. The highest BCUT2D eigenvalue weighted by Gasteiger charge is 2.35. The number of amides is 1. The minimum absolute atomic E-state index is 0.0263. The molecule has 2 fully saturated rings. The fourth-order valence-electron chi connectivity index (χ4n) is 5.26. The lowest BCUT2D eigenvalue weighted by Gasteiger charge is -2.33. The van der Waals surface area contributed by atoms with Crippen LogP contribution in [0.5, 0.6) is 5.75 Å². The monoisotopic (exact) mass is 586 g/mol. The zero-order valence-electron chi connectivity index (χ0n) is 23.3. The second-order valence-corrected chi connectivity index (χ2v) is 13.3. The summed E-state index contributed by atoms with van der Waals surface area (Å²) in [5.41, 5.74) is 1.86. The Kier molecular flexibility index (Phi) is 9.37. The van der Waals surface area contributed by atoms with Crippen LogP contribution in [0.25, 0.3) is 10.2 Å². The van der Waals surface area contributed by atoms with E-state index in [0.717, 1.165) is 60.8 Å². The van der Waals surface area contributed by atoms with Crippen molar-refractivity contribution in [1.29, 1.82) is 0 Å². The number of carbonyl (C=O) groups excluding carboxylic acids is 1. The quantitative estimate of drug-likeness (QED) is 0.352. The number of benzene rings is 2. The van der Waals surface area contributed by atoms with Gasteiger partial charge in [-0.15, -0.1) is 0 Å². The molecule has 2 saturated heterocycles. The molecule has 3 heterocycles. The number of rotatable bonds is 10. The van der Waals surface area contributed by atoms with E-state index < -0.39 is 10.0 Å². The lowest BCUT2D eigenvalue weighted by Crippen LogP contribution is -2.45. The van der Waals surface area contributed by atoms with Crippen molar-refractivity contribution in [2.24, 2.45) is 5.92 Å². The summed E-state index contributed by atoms with van der Waals surface area (Å²) in [5.74, 6) is 0.565. The molecule has 0 spiro atoms. The zero-order valence-corrected chi connectivity index (χ0v) is 24.9. The van der Waals surface area contributed by atoms with Crippen molar-refractivity contribution in [3.63, 3.8) is 0 Å². The van der Waals surface area contributed by atoms with E-state index in [1.807, 2.05) is 49.1 Å². The molecule has 0 unspecified atom stereocenters. The number of anilines is 1. The van der Waals surface area contributed by atoms with Gasteiger partial charge in [0.1, 0.15) is 5.75 Å². The Morgan fingerprint density at radius 1 is 1.10 bits per heavy atom. The molecular formula is C29H38N4O5S2. The van der Waals surface area contributed by atoms with E-state index in [1.165, 1.54) is 15.6 Å². The summed E-state index contributed by atoms with van der Waals surface area (Å²) in [6.45, 7) is 9.87. The first-order chi connectivity index (χ1) is 19.3. The highest BCUT2D eigenvalue weighted by atomic mass is 32.2. The number of aromatic nitrogens is 1. The van der Waals surface area contributed by atoms with Gasteiger partial charge in [-0.1, -0.05) is 29.0 Å². The molecule has 0 bridgehead atoms. The Morgan fingerprint density at radius 3 is 2.52 bits per heavy atom. The number of nitrogens with zero attached hydrogens (tertiary/aromatic N) is 4. The number of carbonyl (C=O) groups is 1. The topological polar surface area (TPSA) is 92.3 Å². The van der Waals surface area contributed by atoms with Gasteiger partial charge in [0.15, 0.2) is 5.13 Å². The molecule has 2 aliphatic rings. The largest absolute Gasteiger partial charge is 0.494 e. The summed E-state index contributed by atoms with van der Waals surface area (Å²) in [6, 6.07) is 12.8. The normalized spacial score (nSPS) is 17.8. The number of hydrogen-bond acceptors (Lipinski definition) is 8. The number of fused-ring (bicyclic) bond motifs is 1. The van der Waals surface area contributed by atoms with Gasteiger partial charge >= 0.3 is 0 Å². The molecule has 11 heteroatoms. The molecule has 0 saturated carbocycles. The van der Waals surface area contributed by atoms with E-state index in [1.54, 1.807) is 12.1 Å². The molecule has 0 aliphatic carbocycles. The molecule has 216 valence electrons. The Hall–Kier alpha value is -2.57. The number of ether oxygens (including phenoxy) is 2. The molecule has 2 aromatic carbocycles. The van der Waals surface area contributed by atoms with E-state index in [-0.39, 0.29) is 11.8 Å². The Balaban J connectivity index is 1.30. The molecule has 2 aliphatic heterocycles. The fraction of sp³-hybridized carbons (Fsp3) is 0.517. The van der Waals surface area contributed by atoms with Gasteiger partial charge in [-0.25, -0.2) is 13.4 Å². The highest BCUT2D eigenvalue weighted by molar-refractivity contribution is 7.89. The maximum atomic E-state index is 14.0. The number of sulfonamides is 1. The van der Waals surface area contributed by atoms with Crippen molar-refractivity contribution >= 4 is 42.6 Å². The van der Waals surface area contributed by atoms with Crippen LogP contribution < -0.4 is 9.64 Å². The minimum atomic E-state index is -3.58. The molecule has 1 amide bonds. The van der Waals surface area contributed by atoms with Crippen LogP contribution in [-0.2, 0) is 19.6 Å². The summed E-state index contributed by atoms with van der Waals surface area (Å²) in [5, 5.41) is 0.685. The molecule has 0 atom stereocenters. The molecule has 0 radical (unpaired) electrons. The first-order valence-electron chi connectivity index (χ1n) is 14.1.